The molecule has 0 saturated carbocycles. The molecule has 2 N–H and O–H groups in total. The lowest BCUT2D eigenvalue weighted by Gasteiger charge is -2.21. The van der Waals surface area contributed by atoms with Crippen LogP contribution in [0, 0.1) is 0 Å². The monoisotopic (exact) mass is 265 g/mol. The molecule has 5 nitrogen and oxygen atoms in total. The van der Waals surface area contributed by atoms with Gasteiger partial charge in [0.2, 0.25) is 0 Å². The van der Waals surface area contributed by atoms with Crippen molar-refractivity contribution in [2.24, 2.45) is 0 Å². The molecular formula is C13H20BNO4. The maximum Gasteiger partial charge on any atom is 0.488 e. The lowest BCUT2D eigenvalue weighted by molar-refractivity contribution is 0.140. The van der Waals surface area contributed by atoms with Crippen molar-refractivity contribution in [3.63, 3.8) is 0 Å². The molecule has 0 atom stereocenters. The minimum Gasteiger partial charge on any atom is -0.496 e. The Kier molecular flexibility index (Phi) is 5.21. The lowest BCUT2D eigenvalue weighted by Crippen LogP contribution is -2.31. The largest absolute Gasteiger partial charge is 0.496 e. The van der Waals surface area contributed by atoms with Crippen molar-refractivity contribution >= 4 is 12.6 Å². The topological polar surface area (TPSA) is 62.2 Å². The summed E-state index contributed by atoms with van der Waals surface area (Å²) in [6.45, 7) is 4.14. The molecule has 0 bridgehead atoms. The second kappa shape index (κ2) is 6.91. The lowest BCUT2D eigenvalue weighted by atomic mass is 9.79. The summed E-state index contributed by atoms with van der Waals surface area (Å²) in [6, 6.07) is 5.23. The zero-order valence-corrected chi connectivity index (χ0v) is 11.2. The summed E-state index contributed by atoms with van der Waals surface area (Å²) in [5.41, 5.74) is 1.46. The smallest absolute Gasteiger partial charge is 0.488 e. The van der Waals surface area contributed by atoms with Crippen LogP contribution >= 0.6 is 0 Å². The SMILES string of the molecule is COc1ccc(B(O)O)cc1CN1CCCOCC1. The van der Waals surface area contributed by atoms with Gasteiger partial charge in [0.25, 0.3) is 0 Å². The van der Waals surface area contributed by atoms with E-state index in [-0.39, 0.29) is 0 Å². The summed E-state index contributed by atoms with van der Waals surface area (Å²) in [6.07, 6.45) is 1.02. The Morgan fingerprint density at radius 3 is 2.89 bits per heavy atom. The highest BCUT2D eigenvalue weighted by Gasteiger charge is 2.16. The van der Waals surface area contributed by atoms with Crippen LogP contribution in [0.2, 0.25) is 0 Å². The Bertz CT molecular complexity index is 406. The van der Waals surface area contributed by atoms with Gasteiger partial charge in [0.15, 0.2) is 0 Å². The highest BCUT2D eigenvalue weighted by atomic mass is 16.5. The first-order chi connectivity index (χ1) is 9.20. The first-order valence-corrected chi connectivity index (χ1v) is 6.54. The van der Waals surface area contributed by atoms with Crippen LogP contribution in [0.4, 0.5) is 0 Å². The molecule has 1 aliphatic rings. The van der Waals surface area contributed by atoms with E-state index in [2.05, 4.69) is 4.90 Å². The molecule has 1 aliphatic heterocycles. The maximum absolute atomic E-state index is 9.24. The number of hydrogen-bond acceptors (Lipinski definition) is 5. The van der Waals surface area contributed by atoms with Crippen molar-refractivity contribution in [2.45, 2.75) is 13.0 Å². The number of hydrogen-bond donors (Lipinski definition) is 2. The van der Waals surface area contributed by atoms with E-state index in [1.54, 1.807) is 25.3 Å². The Hall–Kier alpha value is -1.08. The van der Waals surface area contributed by atoms with E-state index < -0.39 is 7.12 Å². The molecular weight excluding hydrogens is 245 g/mol. The van der Waals surface area contributed by atoms with Crippen LogP contribution in [0.1, 0.15) is 12.0 Å². The molecule has 19 heavy (non-hydrogen) atoms. The van der Waals surface area contributed by atoms with Crippen LogP contribution in [0.3, 0.4) is 0 Å². The van der Waals surface area contributed by atoms with Gasteiger partial charge < -0.3 is 19.5 Å². The third-order valence-electron chi connectivity index (χ3n) is 3.31. The summed E-state index contributed by atoms with van der Waals surface area (Å²) in [5.74, 6) is 0.773. The Labute approximate surface area is 113 Å². The van der Waals surface area contributed by atoms with Gasteiger partial charge in [-0.05, 0) is 17.9 Å². The minimum absolute atomic E-state index is 0.488. The molecule has 0 radical (unpaired) electrons. The molecule has 1 heterocycles. The number of benzene rings is 1. The third-order valence-corrected chi connectivity index (χ3v) is 3.31. The van der Waals surface area contributed by atoms with E-state index >= 15 is 0 Å². The fourth-order valence-electron chi connectivity index (χ4n) is 2.28. The number of methoxy groups -OCH3 is 1. The van der Waals surface area contributed by atoms with Crippen LogP contribution in [0.25, 0.3) is 0 Å². The predicted molar refractivity (Wildman–Crippen MR) is 73.5 cm³/mol. The number of ether oxygens (including phenoxy) is 2. The molecule has 0 aromatic heterocycles. The predicted octanol–water partition coefficient (Wildman–Crippen LogP) is -0.403. The van der Waals surface area contributed by atoms with Gasteiger partial charge in [-0.3, -0.25) is 4.90 Å². The summed E-state index contributed by atoms with van der Waals surface area (Å²) < 4.78 is 10.8. The second-order valence-electron chi connectivity index (χ2n) is 4.69. The van der Waals surface area contributed by atoms with E-state index in [1.165, 1.54) is 0 Å². The van der Waals surface area contributed by atoms with Crippen molar-refractivity contribution < 1.29 is 19.5 Å². The van der Waals surface area contributed by atoms with Gasteiger partial charge in [-0.2, -0.15) is 0 Å². The molecule has 0 aliphatic carbocycles. The molecule has 1 aromatic carbocycles. The standard InChI is InChI=1S/C13H20BNO4/c1-18-13-4-3-12(14(16)17)9-11(13)10-15-5-2-7-19-8-6-15/h3-4,9,16-17H,2,5-8,10H2,1H3. The zero-order chi connectivity index (χ0) is 13.7. The number of rotatable bonds is 4. The van der Waals surface area contributed by atoms with Gasteiger partial charge in [0, 0.05) is 31.8 Å². The van der Waals surface area contributed by atoms with Crippen LogP contribution in [-0.4, -0.2) is 55.5 Å². The van der Waals surface area contributed by atoms with Crippen LogP contribution in [-0.2, 0) is 11.3 Å². The Balaban J connectivity index is 2.14. The fourth-order valence-corrected chi connectivity index (χ4v) is 2.28. The van der Waals surface area contributed by atoms with Crippen LogP contribution < -0.4 is 10.2 Å². The van der Waals surface area contributed by atoms with E-state index in [0.29, 0.717) is 5.46 Å². The summed E-state index contributed by atoms with van der Waals surface area (Å²) in [4.78, 5) is 2.29. The van der Waals surface area contributed by atoms with Crippen molar-refractivity contribution in [2.75, 3.05) is 33.4 Å². The average molecular weight is 265 g/mol. The van der Waals surface area contributed by atoms with Crippen LogP contribution in [0.5, 0.6) is 5.75 Å². The molecule has 104 valence electrons. The first kappa shape index (κ1) is 14.3. The van der Waals surface area contributed by atoms with E-state index in [1.807, 2.05) is 0 Å². The molecule has 0 unspecified atom stereocenters. The van der Waals surface area contributed by atoms with Gasteiger partial charge in [0.05, 0.1) is 13.7 Å². The Morgan fingerprint density at radius 2 is 2.16 bits per heavy atom. The summed E-state index contributed by atoms with van der Waals surface area (Å²) in [7, 11) is 0.177. The molecule has 1 aromatic rings. The Morgan fingerprint density at radius 1 is 1.32 bits per heavy atom. The molecule has 1 fully saturated rings. The number of nitrogens with zero attached hydrogens (tertiary/aromatic N) is 1. The first-order valence-electron chi connectivity index (χ1n) is 6.54. The zero-order valence-electron chi connectivity index (χ0n) is 11.2. The second-order valence-corrected chi connectivity index (χ2v) is 4.69. The minimum atomic E-state index is -1.45. The van der Waals surface area contributed by atoms with E-state index in [0.717, 1.165) is 50.6 Å². The highest BCUT2D eigenvalue weighted by molar-refractivity contribution is 6.58. The quantitative estimate of drug-likeness (QED) is 0.725. The highest BCUT2D eigenvalue weighted by Crippen LogP contribution is 2.19. The maximum atomic E-state index is 9.24. The van der Waals surface area contributed by atoms with Crippen molar-refractivity contribution in [3.05, 3.63) is 23.8 Å². The van der Waals surface area contributed by atoms with E-state index in [9.17, 15) is 10.0 Å². The van der Waals surface area contributed by atoms with Gasteiger partial charge in [-0.25, -0.2) is 0 Å². The van der Waals surface area contributed by atoms with E-state index in [4.69, 9.17) is 9.47 Å². The van der Waals surface area contributed by atoms with Crippen molar-refractivity contribution in [3.8, 4) is 5.75 Å². The van der Waals surface area contributed by atoms with Crippen LogP contribution in [0.15, 0.2) is 18.2 Å². The van der Waals surface area contributed by atoms with Gasteiger partial charge in [-0.1, -0.05) is 12.1 Å². The van der Waals surface area contributed by atoms with Gasteiger partial charge in [-0.15, -0.1) is 0 Å². The summed E-state index contributed by atoms with van der Waals surface area (Å²) in [5, 5.41) is 18.5. The van der Waals surface area contributed by atoms with Gasteiger partial charge in [0.1, 0.15) is 5.75 Å². The molecule has 0 spiro atoms. The molecule has 6 heteroatoms. The molecule has 1 saturated heterocycles. The summed E-state index contributed by atoms with van der Waals surface area (Å²) >= 11 is 0. The average Bonchev–Trinajstić information content (AvgIpc) is 2.67. The van der Waals surface area contributed by atoms with Crippen molar-refractivity contribution in [1.29, 1.82) is 0 Å². The fraction of sp³-hybridized carbons (Fsp3) is 0.538. The third kappa shape index (κ3) is 3.94. The molecule has 2 rings (SSSR count). The van der Waals surface area contributed by atoms with Gasteiger partial charge >= 0.3 is 7.12 Å². The van der Waals surface area contributed by atoms with Crippen molar-refractivity contribution in [1.82, 2.24) is 4.90 Å². The normalized spacial score (nSPS) is 17.0. The molecule has 0 amide bonds.